The number of pyridine rings is 1. The van der Waals surface area contributed by atoms with Gasteiger partial charge in [0.15, 0.2) is 6.20 Å². The van der Waals surface area contributed by atoms with E-state index in [0.29, 0.717) is 5.69 Å². The fourth-order valence-electron chi connectivity index (χ4n) is 1.19. The topological polar surface area (TPSA) is 26.9 Å². The summed E-state index contributed by atoms with van der Waals surface area (Å²) < 4.78 is 0.839. The van der Waals surface area contributed by atoms with E-state index in [4.69, 9.17) is 0 Å². The molecule has 2 nitrogen and oxygen atoms in total. The minimum absolute atomic E-state index is 0. The van der Waals surface area contributed by atoms with Crippen LogP contribution in [0.25, 0.3) is 11.3 Å². The Morgan fingerprint density at radius 2 is 1.86 bits per heavy atom. The monoisotopic (exact) mass is 363 g/mol. The molecule has 0 aliphatic heterocycles. The Morgan fingerprint density at radius 3 is 2.50 bits per heavy atom. The summed E-state index contributed by atoms with van der Waals surface area (Å²) in [6.45, 7) is 0. The predicted molar refractivity (Wildman–Crippen MR) is 49.7 cm³/mol. The van der Waals surface area contributed by atoms with Crippen molar-refractivity contribution in [2.45, 2.75) is 0 Å². The maximum Gasteiger partial charge on any atom is 0.171 e. The van der Waals surface area contributed by atoms with Crippen molar-refractivity contribution in [3.63, 3.8) is 0 Å². The zero-order valence-corrected chi connectivity index (χ0v) is 9.70. The van der Waals surface area contributed by atoms with Crippen molar-refractivity contribution in [2.24, 2.45) is 0 Å². The van der Waals surface area contributed by atoms with Crippen LogP contribution in [0.15, 0.2) is 48.7 Å². The second-order valence-corrected chi connectivity index (χ2v) is 2.69. The smallest absolute Gasteiger partial charge is 0.171 e. The first-order valence-corrected chi connectivity index (χ1v) is 4.03. The van der Waals surface area contributed by atoms with Gasteiger partial charge < -0.3 is 5.21 Å². The number of benzene rings is 1. The number of hydrogen-bond donors (Lipinski definition) is 0. The third-order valence-corrected chi connectivity index (χ3v) is 1.81. The number of aromatic nitrogens is 1. The van der Waals surface area contributed by atoms with Crippen LogP contribution in [-0.2, 0) is 20.1 Å². The van der Waals surface area contributed by atoms with Gasteiger partial charge >= 0.3 is 0 Å². The molecular formula is C11H8IrNO-. The average molecular weight is 362 g/mol. The molecule has 1 aromatic carbocycles. The van der Waals surface area contributed by atoms with Gasteiger partial charge in [-0.05, 0) is 6.07 Å². The summed E-state index contributed by atoms with van der Waals surface area (Å²) >= 11 is 0. The van der Waals surface area contributed by atoms with Crippen LogP contribution < -0.4 is 4.73 Å². The van der Waals surface area contributed by atoms with E-state index >= 15 is 0 Å². The number of nitrogens with zero attached hydrogens (tertiary/aromatic N) is 1. The Kier molecular flexibility index (Phi) is 3.81. The number of rotatable bonds is 1. The summed E-state index contributed by atoms with van der Waals surface area (Å²) in [6.07, 6.45) is 1.48. The molecule has 0 saturated heterocycles. The maximum absolute atomic E-state index is 11.3. The van der Waals surface area contributed by atoms with E-state index < -0.39 is 0 Å². The van der Waals surface area contributed by atoms with Gasteiger partial charge in [-0.1, -0.05) is 11.6 Å². The van der Waals surface area contributed by atoms with Crippen molar-refractivity contribution in [3.05, 3.63) is 59.9 Å². The van der Waals surface area contributed by atoms with Gasteiger partial charge in [0.2, 0.25) is 0 Å². The summed E-state index contributed by atoms with van der Waals surface area (Å²) in [5, 5.41) is 11.3. The van der Waals surface area contributed by atoms with Crippen LogP contribution in [0.1, 0.15) is 0 Å². The Hall–Kier alpha value is -1.18. The quantitative estimate of drug-likeness (QED) is 0.432. The molecule has 1 heterocycles. The largest absolute Gasteiger partial charge is 0.627 e. The standard InChI is InChI=1S/C11H8NO.Ir/c13-12-9-5-4-8-11(12)10-6-2-1-3-7-10;/h1-6,8-9H;/q-1;. The molecule has 0 saturated carbocycles. The van der Waals surface area contributed by atoms with Crippen molar-refractivity contribution in [1.82, 2.24) is 0 Å². The van der Waals surface area contributed by atoms with Gasteiger partial charge in [0.25, 0.3) is 0 Å². The Bertz CT molecular complexity index is 403. The van der Waals surface area contributed by atoms with Crippen LogP contribution in [0.2, 0.25) is 0 Å². The zero-order chi connectivity index (χ0) is 9.10. The maximum atomic E-state index is 11.3. The minimum atomic E-state index is 0. The normalized spacial score (nSPS) is 9.14. The molecule has 0 unspecified atom stereocenters. The average Bonchev–Trinajstić information content (AvgIpc) is 2.20. The molecule has 0 N–H and O–H groups in total. The van der Waals surface area contributed by atoms with Crippen LogP contribution >= 0.6 is 0 Å². The number of hydrogen-bond acceptors (Lipinski definition) is 1. The van der Waals surface area contributed by atoms with Gasteiger partial charge in [-0.2, -0.15) is 0 Å². The zero-order valence-electron chi connectivity index (χ0n) is 7.31. The van der Waals surface area contributed by atoms with Crippen molar-refractivity contribution in [2.75, 3.05) is 0 Å². The summed E-state index contributed by atoms with van der Waals surface area (Å²) in [5.74, 6) is 0. The fraction of sp³-hybridized carbons (Fsp3) is 0. The second-order valence-electron chi connectivity index (χ2n) is 2.69. The molecular weight excluding hydrogens is 354 g/mol. The molecule has 0 aliphatic rings. The first kappa shape index (κ1) is 10.9. The molecule has 2 rings (SSSR count). The van der Waals surface area contributed by atoms with Crippen LogP contribution in [0.4, 0.5) is 0 Å². The molecule has 0 amide bonds. The first-order chi connectivity index (χ1) is 6.38. The predicted octanol–water partition coefficient (Wildman–Crippen LogP) is 1.78. The van der Waals surface area contributed by atoms with E-state index in [9.17, 15) is 5.21 Å². The van der Waals surface area contributed by atoms with Crippen LogP contribution in [0.3, 0.4) is 0 Å². The Balaban J connectivity index is 0.000000980. The molecule has 0 bridgehead atoms. The minimum Gasteiger partial charge on any atom is -0.627 e. The van der Waals surface area contributed by atoms with Gasteiger partial charge in [0, 0.05) is 26.2 Å². The van der Waals surface area contributed by atoms with E-state index in [0.717, 1.165) is 10.3 Å². The Morgan fingerprint density at radius 1 is 1.07 bits per heavy atom. The molecule has 0 atom stereocenters. The van der Waals surface area contributed by atoms with Gasteiger partial charge in [0.05, 0.1) is 0 Å². The molecule has 3 heteroatoms. The van der Waals surface area contributed by atoms with Gasteiger partial charge in [-0.3, -0.25) is 0 Å². The summed E-state index contributed by atoms with van der Waals surface area (Å²) in [4.78, 5) is 0. The van der Waals surface area contributed by atoms with Crippen LogP contribution in [0.5, 0.6) is 0 Å². The molecule has 14 heavy (non-hydrogen) atoms. The molecule has 1 radical (unpaired) electrons. The van der Waals surface area contributed by atoms with Gasteiger partial charge in [-0.15, -0.1) is 30.3 Å². The van der Waals surface area contributed by atoms with E-state index in [1.165, 1.54) is 6.20 Å². The SMILES string of the molecule is [Ir].[O-][n+]1ccccc1-c1[c-]cccc1. The van der Waals surface area contributed by atoms with Crippen molar-refractivity contribution >= 4 is 0 Å². The molecule has 2 aromatic rings. The van der Waals surface area contributed by atoms with E-state index in [2.05, 4.69) is 6.07 Å². The molecule has 0 aliphatic carbocycles. The van der Waals surface area contributed by atoms with E-state index in [-0.39, 0.29) is 20.1 Å². The van der Waals surface area contributed by atoms with Crippen LogP contribution in [-0.4, -0.2) is 0 Å². The Labute approximate surface area is 96.1 Å². The second kappa shape index (κ2) is 4.89. The summed E-state index contributed by atoms with van der Waals surface area (Å²) in [7, 11) is 0. The third-order valence-electron chi connectivity index (χ3n) is 1.81. The molecule has 0 spiro atoms. The van der Waals surface area contributed by atoms with Crippen molar-refractivity contribution < 1.29 is 24.8 Å². The molecule has 73 valence electrons. The van der Waals surface area contributed by atoms with Crippen molar-refractivity contribution in [1.29, 1.82) is 0 Å². The fourth-order valence-corrected chi connectivity index (χ4v) is 1.19. The van der Waals surface area contributed by atoms with Crippen molar-refractivity contribution in [3.8, 4) is 11.3 Å². The van der Waals surface area contributed by atoms with Gasteiger partial charge in [-0.25, -0.2) is 4.73 Å². The van der Waals surface area contributed by atoms with Gasteiger partial charge in [0.1, 0.15) is 5.69 Å². The summed E-state index contributed by atoms with van der Waals surface area (Å²) in [6, 6.07) is 15.8. The van der Waals surface area contributed by atoms with E-state index in [1.54, 1.807) is 18.2 Å². The summed E-state index contributed by atoms with van der Waals surface area (Å²) in [5.41, 5.74) is 1.45. The molecule has 0 fully saturated rings. The first-order valence-electron chi connectivity index (χ1n) is 4.03. The van der Waals surface area contributed by atoms with Crippen LogP contribution in [0, 0.1) is 11.3 Å². The molecule has 1 aromatic heterocycles. The third kappa shape index (κ3) is 2.19. The van der Waals surface area contributed by atoms with E-state index in [1.807, 2.05) is 24.3 Å².